The minimum Gasteiger partial charge on any atom is -0.487 e. The predicted molar refractivity (Wildman–Crippen MR) is 68.7 cm³/mol. The molecule has 0 aromatic heterocycles. The van der Waals surface area contributed by atoms with Crippen LogP contribution in [0.3, 0.4) is 0 Å². The lowest BCUT2D eigenvalue weighted by atomic mass is 10.3. The van der Waals surface area contributed by atoms with E-state index >= 15 is 0 Å². The molecular formula is C12H16BrF2NO2. The molecule has 0 aliphatic carbocycles. The highest BCUT2D eigenvalue weighted by Gasteiger charge is 2.13. The van der Waals surface area contributed by atoms with Crippen LogP contribution in [0.25, 0.3) is 0 Å². The molecule has 1 aromatic rings. The Morgan fingerprint density at radius 1 is 1.44 bits per heavy atom. The van der Waals surface area contributed by atoms with Crippen molar-refractivity contribution in [1.82, 2.24) is 5.32 Å². The Labute approximate surface area is 113 Å². The van der Waals surface area contributed by atoms with E-state index in [0.29, 0.717) is 6.54 Å². The van der Waals surface area contributed by atoms with Gasteiger partial charge in [0.1, 0.15) is 18.5 Å². The van der Waals surface area contributed by atoms with Crippen molar-refractivity contribution in [3.8, 4) is 5.75 Å². The van der Waals surface area contributed by atoms with Crippen LogP contribution in [0.2, 0.25) is 0 Å². The van der Waals surface area contributed by atoms with Crippen LogP contribution in [0.4, 0.5) is 8.78 Å². The standard InChI is InChI=1S/C12H16BrF2NO2/c1-2-3-16-6-9(17)7-18-12-10(13)4-8(14)5-11(12)15/h4-5,9,16-17H,2-3,6-7H2,1H3. The maximum absolute atomic E-state index is 13.4. The van der Waals surface area contributed by atoms with Crippen molar-refractivity contribution >= 4 is 15.9 Å². The van der Waals surface area contributed by atoms with Gasteiger partial charge in [-0.3, -0.25) is 0 Å². The second-order valence-electron chi connectivity index (χ2n) is 3.87. The van der Waals surface area contributed by atoms with Crippen LogP contribution >= 0.6 is 15.9 Å². The summed E-state index contributed by atoms with van der Waals surface area (Å²) in [5.41, 5.74) is 0. The molecule has 1 rings (SSSR count). The molecule has 0 radical (unpaired) electrons. The molecular weight excluding hydrogens is 308 g/mol. The third-order valence-electron chi connectivity index (χ3n) is 2.19. The van der Waals surface area contributed by atoms with Crippen LogP contribution in [0, 0.1) is 11.6 Å². The molecule has 0 amide bonds. The number of ether oxygens (including phenoxy) is 1. The fraction of sp³-hybridized carbons (Fsp3) is 0.500. The Hall–Kier alpha value is -0.720. The first-order chi connectivity index (χ1) is 8.54. The van der Waals surface area contributed by atoms with E-state index in [2.05, 4.69) is 21.2 Å². The van der Waals surface area contributed by atoms with Gasteiger partial charge in [0.25, 0.3) is 0 Å². The lowest BCUT2D eigenvalue weighted by molar-refractivity contribution is 0.104. The fourth-order valence-corrected chi connectivity index (χ4v) is 1.87. The zero-order chi connectivity index (χ0) is 13.5. The van der Waals surface area contributed by atoms with Gasteiger partial charge in [-0.15, -0.1) is 0 Å². The van der Waals surface area contributed by atoms with E-state index < -0.39 is 17.7 Å². The highest BCUT2D eigenvalue weighted by Crippen LogP contribution is 2.29. The van der Waals surface area contributed by atoms with Gasteiger partial charge in [-0.2, -0.15) is 0 Å². The quantitative estimate of drug-likeness (QED) is 0.757. The number of hydrogen-bond acceptors (Lipinski definition) is 3. The normalized spacial score (nSPS) is 12.5. The monoisotopic (exact) mass is 323 g/mol. The van der Waals surface area contributed by atoms with Crippen molar-refractivity contribution in [2.24, 2.45) is 0 Å². The van der Waals surface area contributed by atoms with Gasteiger partial charge in [0.2, 0.25) is 0 Å². The second-order valence-corrected chi connectivity index (χ2v) is 4.72. The molecule has 0 fully saturated rings. The van der Waals surface area contributed by atoms with Gasteiger partial charge in [0.15, 0.2) is 11.6 Å². The molecule has 3 nitrogen and oxygen atoms in total. The summed E-state index contributed by atoms with van der Waals surface area (Å²) >= 11 is 3.01. The number of nitrogens with one attached hydrogen (secondary N) is 1. The lowest BCUT2D eigenvalue weighted by Crippen LogP contribution is -2.32. The van der Waals surface area contributed by atoms with Crippen LogP contribution < -0.4 is 10.1 Å². The molecule has 102 valence electrons. The van der Waals surface area contributed by atoms with Crippen molar-refractivity contribution in [1.29, 1.82) is 0 Å². The molecule has 0 saturated carbocycles. The fourth-order valence-electron chi connectivity index (χ4n) is 1.35. The molecule has 0 bridgehead atoms. The molecule has 1 unspecified atom stereocenters. The Morgan fingerprint density at radius 2 is 2.17 bits per heavy atom. The Kier molecular flexibility index (Phi) is 6.52. The average molecular weight is 324 g/mol. The van der Waals surface area contributed by atoms with Gasteiger partial charge in [-0.1, -0.05) is 6.92 Å². The largest absolute Gasteiger partial charge is 0.487 e. The maximum Gasteiger partial charge on any atom is 0.169 e. The number of aliphatic hydroxyl groups is 1. The molecule has 18 heavy (non-hydrogen) atoms. The molecule has 1 atom stereocenters. The van der Waals surface area contributed by atoms with Gasteiger partial charge in [0, 0.05) is 12.6 Å². The molecule has 0 spiro atoms. The highest BCUT2D eigenvalue weighted by molar-refractivity contribution is 9.10. The van der Waals surface area contributed by atoms with Crippen LogP contribution in [0.5, 0.6) is 5.75 Å². The van der Waals surface area contributed by atoms with Crippen LogP contribution in [-0.2, 0) is 0 Å². The summed E-state index contributed by atoms with van der Waals surface area (Å²) in [7, 11) is 0. The van der Waals surface area contributed by atoms with Crippen molar-refractivity contribution in [3.63, 3.8) is 0 Å². The minimum atomic E-state index is -0.796. The summed E-state index contributed by atoms with van der Waals surface area (Å²) < 4.78 is 31.5. The lowest BCUT2D eigenvalue weighted by Gasteiger charge is -2.14. The van der Waals surface area contributed by atoms with Crippen molar-refractivity contribution in [2.45, 2.75) is 19.4 Å². The second kappa shape index (κ2) is 7.66. The smallest absolute Gasteiger partial charge is 0.169 e. The van der Waals surface area contributed by atoms with Crippen LogP contribution in [0.15, 0.2) is 16.6 Å². The number of halogens is 3. The van der Waals surface area contributed by atoms with Gasteiger partial charge < -0.3 is 15.2 Å². The zero-order valence-corrected chi connectivity index (χ0v) is 11.6. The molecule has 2 N–H and O–H groups in total. The van der Waals surface area contributed by atoms with E-state index in [4.69, 9.17) is 4.74 Å². The summed E-state index contributed by atoms with van der Waals surface area (Å²) in [4.78, 5) is 0. The van der Waals surface area contributed by atoms with E-state index in [1.165, 1.54) is 0 Å². The van der Waals surface area contributed by atoms with E-state index in [-0.39, 0.29) is 16.8 Å². The summed E-state index contributed by atoms with van der Waals surface area (Å²) in [6, 6.07) is 1.85. The number of rotatable bonds is 7. The zero-order valence-electron chi connectivity index (χ0n) is 10.0. The average Bonchev–Trinajstić information content (AvgIpc) is 2.27. The molecule has 0 saturated heterocycles. The summed E-state index contributed by atoms with van der Waals surface area (Å²) in [5, 5.41) is 12.6. The van der Waals surface area contributed by atoms with Crippen molar-refractivity contribution in [3.05, 3.63) is 28.2 Å². The van der Waals surface area contributed by atoms with Gasteiger partial charge >= 0.3 is 0 Å². The first-order valence-corrected chi connectivity index (χ1v) is 6.50. The van der Waals surface area contributed by atoms with E-state index in [1.807, 2.05) is 6.92 Å². The van der Waals surface area contributed by atoms with Gasteiger partial charge in [-0.05, 0) is 35.0 Å². The Bertz CT molecular complexity index is 367. The maximum atomic E-state index is 13.4. The number of aliphatic hydroxyl groups excluding tert-OH is 1. The summed E-state index contributed by atoms with van der Waals surface area (Å²) in [5.74, 6) is -1.57. The number of benzene rings is 1. The number of hydrogen-bond donors (Lipinski definition) is 2. The highest BCUT2D eigenvalue weighted by atomic mass is 79.9. The van der Waals surface area contributed by atoms with Crippen molar-refractivity contribution in [2.75, 3.05) is 19.7 Å². The van der Waals surface area contributed by atoms with Crippen LogP contribution in [0.1, 0.15) is 13.3 Å². The minimum absolute atomic E-state index is 0.0577. The van der Waals surface area contributed by atoms with Crippen LogP contribution in [-0.4, -0.2) is 30.9 Å². The Balaban J connectivity index is 2.48. The molecule has 6 heteroatoms. The van der Waals surface area contributed by atoms with E-state index in [0.717, 1.165) is 25.1 Å². The van der Waals surface area contributed by atoms with Gasteiger partial charge in [-0.25, -0.2) is 8.78 Å². The van der Waals surface area contributed by atoms with Gasteiger partial charge in [0.05, 0.1) is 4.47 Å². The summed E-state index contributed by atoms with van der Waals surface area (Å²) in [6.45, 7) is 3.12. The summed E-state index contributed by atoms with van der Waals surface area (Å²) in [6.07, 6.45) is 0.221. The third-order valence-corrected chi connectivity index (χ3v) is 2.78. The SMILES string of the molecule is CCCNCC(O)COc1c(F)cc(F)cc1Br. The molecule has 0 aliphatic heterocycles. The first kappa shape index (κ1) is 15.3. The Morgan fingerprint density at radius 3 is 2.78 bits per heavy atom. The van der Waals surface area contributed by atoms with E-state index in [1.54, 1.807) is 0 Å². The first-order valence-electron chi connectivity index (χ1n) is 5.70. The molecule has 0 heterocycles. The van der Waals surface area contributed by atoms with Crippen molar-refractivity contribution < 1.29 is 18.6 Å². The van der Waals surface area contributed by atoms with E-state index in [9.17, 15) is 13.9 Å². The predicted octanol–water partition coefficient (Wildman–Crippen LogP) is 2.47. The topological polar surface area (TPSA) is 41.5 Å². The molecule has 0 aliphatic rings. The molecule has 1 aromatic carbocycles. The third kappa shape index (κ3) is 4.88.